The molecule has 1 aromatic carbocycles. The molecule has 1 aromatic rings. The summed E-state index contributed by atoms with van der Waals surface area (Å²) in [5.74, 6) is 0.913. The Morgan fingerprint density at radius 1 is 1.44 bits per heavy atom. The van der Waals surface area contributed by atoms with Crippen molar-refractivity contribution in [3.8, 4) is 5.75 Å². The minimum Gasteiger partial charge on any atom is -0.497 e. The van der Waals surface area contributed by atoms with Gasteiger partial charge in [-0.1, -0.05) is 6.92 Å². The van der Waals surface area contributed by atoms with E-state index in [-0.39, 0.29) is 0 Å². The normalized spacial score (nSPS) is 23.7. The molecule has 0 amide bonds. The summed E-state index contributed by atoms with van der Waals surface area (Å²) in [5, 5.41) is 3.63. The molecule has 1 heterocycles. The molecule has 1 saturated heterocycles. The molecule has 1 aliphatic heterocycles. The van der Waals surface area contributed by atoms with Gasteiger partial charge < -0.3 is 14.8 Å². The van der Waals surface area contributed by atoms with Crippen molar-refractivity contribution in [2.24, 2.45) is 0 Å². The molecule has 0 aromatic heterocycles. The monoisotopic (exact) mass is 249 g/mol. The molecule has 0 bridgehead atoms. The minimum atomic E-state index is 0.412. The highest BCUT2D eigenvalue weighted by Crippen LogP contribution is 2.25. The second-order valence-electron chi connectivity index (χ2n) is 4.95. The molecule has 1 N–H and O–H groups in total. The molecule has 100 valence electrons. The van der Waals surface area contributed by atoms with Crippen LogP contribution in [-0.2, 0) is 4.74 Å². The summed E-state index contributed by atoms with van der Waals surface area (Å²) in [6, 6.07) is 6.70. The Bertz CT molecular complexity index is 392. The highest BCUT2D eigenvalue weighted by Gasteiger charge is 2.21. The number of hydrogen-bond acceptors (Lipinski definition) is 3. The lowest BCUT2D eigenvalue weighted by molar-refractivity contribution is 0.00925. The summed E-state index contributed by atoms with van der Waals surface area (Å²) in [4.78, 5) is 0. The summed E-state index contributed by atoms with van der Waals surface area (Å²) in [6.45, 7) is 5.17. The number of ether oxygens (including phenoxy) is 2. The molecule has 0 aliphatic carbocycles. The Hall–Kier alpha value is -1.22. The van der Waals surface area contributed by atoms with Crippen molar-refractivity contribution in [3.63, 3.8) is 0 Å². The molecule has 18 heavy (non-hydrogen) atoms. The summed E-state index contributed by atoms with van der Waals surface area (Å²) in [7, 11) is 1.70. The fourth-order valence-corrected chi connectivity index (χ4v) is 2.44. The van der Waals surface area contributed by atoms with E-state index in [1.807, 2.05) is 6.07 Å². The van der Waals surface area contributed by atoms with Crippen molar-refractivity contribution < 1.29 is 9.47 Å². The van der Waals surface area contributed by atoms with Crippen molar-refractivity contribution in [1.82, 2.24) is 0 Å². The average molecular weight is 249 g/mol. The van der Waals surface area contributed by atoms with Crippen LogP contribution in [0.2, 0.25) is 0 Å². The van der Waals surface area contributed by atoms with Gasteiger partial charge in [-0.05, 0) is 49.9 Å². The second-order valence-corrected chi connectivity index (χ2v) is 4.95. The molecule has 3 heteroatoms. The lowest BCUT2D eigenvalue weighted by Crippen LogP contribution is -2.33. The molecular weight excluding hydrogens is 226 g/mol. The van der Waals surface area contributed by atoms with Crippen LogP contribution in [0.1, 0.15) is 31.7 Å². The molecule has 3 nitrogen and oxygen atoms in total. The number of anilines is 1. The lowest BCUT2D eigenvalue weighted by Gasteiger charge is -2.30. The van der Waals surface area contributed by atoms with E-state index < -0.39 is 0 Å². The summed E-state index contributed by atoms with van der Waals surface area (Å²) in [5.41, 5.74) is 2.44. The van der Waals surface area contributed by atoms with Crippen LogP contribution in [0.25, 0.3) is 0 Å². The third-order valence-electron chi connectivity index (χ3n) is 3.62. The van der Waals surface area contributed by atoms with Gasteiger partial charge >= 0.3 is 0 Å². The van der Waals surface area contributed by atoms with Crippen LogP contribution in [-0.4, -0.2) is 25.9 Å². The molecule has 1 aliphatic rings. The highest BCUT2D eigenvalue weighted by atomic mass is 16.5. The quantitative estimate of drug-likeness (QED) is 0.887. The zero-order chi connectivity index (χ0) is 13.0. The van der Waals surface area contributed by atoms with Gasteiger partial charge in [0.15, 0.2) is 0 Å². The maximum absolute atomic E-state index is 5.70. The SMILES string of the molecule is CCC1CC(Nc2ccc(OC)cc2C)CCO1. The van der Waals surface area contributed by atoms with Crippen LogP contribution in [0.5, 0.6) is 5.75 Å². The third kappa shape index (κ3) is 3.16. The summed E-state index contributed by atoms with van der Waals surface area (Å²) < 4.78 is 10.9. The van der Waals surface area contributed by atoms with E-state index in [4.69, 9.17) is 9.47 Å². The Morgan fingerprint density at radius 3 is 2.94 bits per heavy atom. The molecule has 2 unspecified atom stereocenters. The van der Waals surface area contributed by atoms with E-state index in [0.717, 1.165) is 31.6 Å². The Kier molecular flexibility index (Phi) is 4.48. The van der Waals surface area contributed by atoms with Gasteiger partial charge in [-0.15, -0.1) is 0 Å². The predicted molar refractivity (Wildman–Crippen MR) is 74.4 cm³/mol. The molecule has 0 radical (unpaired) electrons. The van der Waals surface area contributed by atoms with Crippen molar-refractivity contribution in [3.05, 3.63) is 23.8 Å². The molecule has 2 rings (SSSR count). The zero-order valence-electron chi connectivity index (χ0n) is 11.5. The Balaban J connectivity index is 2.00. The molecular formula is C15H23NO2. The van der Waals surface area contributed by atoms with Gasteiger partial charge in [-0.25, -0.2) is 0 Å². The summed E-state index contributed by atoms with van der Waals surface area (Å²) >= 11 is 0. The van der Waals surface area contributed by atoms with Crippen LogP contribution >= 0.6 is 0 Å². The van der Waals surface area contributed by atoms with Crippen molar-refractivity contribution >= 4 is 5.69 Å². The third-order valence-corrected chi connectivity index (χ3v) is 3.62. The van der Waals surface area contributed by atoms with Crippen LogP contribution in [0.3, 0.4) is 0 Å². The lowest BCUT2D eigenvalue weighted by atomic mass is 10.0. The number of nitrogens with one attached hydrogen (secondary N) is 1. The maximum atomic E-state index is 5.70. The van der Waals surface area contributed by atoms with Crippen molar-refractivity contribution in [1.29, 1.82) is 0 Å². The first-order chi connectivity index (χ1) is 8.72. The van der Waals surface area contributed by atoms with Gasteiger partial charge in [-0.2, -0.15) is 0 Å². The van der Waals surface area contributed by atoms with E-state index >= 15 is 0 Å². The second kappa shape index (κ2) is 6.10. The number of benzene rings is 1. The van der Waals surface area contributed by atoms with Crippen LogP contribution in [0.4, 0.5) is 5.69 Å². The van der Waals surface area contributed by atoms with Crippen molar-refractivity contribution in [2.45, 2.75) is 45.3 Å². The van der Waals surface area contributed by atoms with Gasteiger partial charge in [0.2, 0.25) is 0 Å². The van der Waals surface area contributed by atoms with Crippen LogP contribution in [0.15, 0.2) is 18.2 Å². The molecule has 2 atom stereocenters. The maximum Gasteiger partial charge on any atom is 0.119 e. The van der Waals surface area contributed by atoms with Crippen LogP contribution < -0.4 is 10.1 Å². The minimum absolute atomic E-state index is 0.412. The number of rotatable bonds is 4. The smallest absolute Gasteiger partial charge is 0.119 e. The highest BCUT2D eigenvalue weighted by molar-refractivity contribution is 5.54. The fraction of sp³-hybridized carbons (Fsp3) is 0.600. The van der Waals surface area contributed by atoms with Gasteiger partial charge in [0, 0.05) is 18.3 Å². The Labute approximate surface area is 109 Å². The molecule has 1 fully saturated rings. The van der Waals surface area contributed by atoms with Gasteiger partial charge in [0.1, 0.15) is 5.75 Å². The van der Waals surface area contributed by atoms with E-state index in [9.17, 15) is 0 Å². The largest absolute Gasteiger partial charge is 0.497 e. The van der Waals surface area contributed by atoms with Gasteiger partial charge in [-0.3, -0.25) is 0 Å². The standard InChI is InChI=1S/C15H23NO2/c1-4-13-10-12(7-8-18-13)16-15-6-5-14(17-3)9-11(15)2/h5-6,9,12-13,16H,4,7-8,10H2,1-3H3. The number of aryl methyl sites for hydroxylation is 1. The zero-order valence-corrected chi connectivity index (χ0v) is 11.5. The van der Waals surface area contributed by atoms with Gasteiger partial charge in [0.05, 0.1) is 13.2 Å². The average Bonchev–Trinajstić information content (AvgIpc) is 2.41. The number of hydrogen-bond donors (Lipinski definition) is 1. The predicted octanol–water partition coefficient (Wildman–Crippen LogP) is 3.37. The van der Waals surface area contributed by atoms with Gasteiger partial charge in [0.25, 0.3) is 0 Å². The number of methoxy groups -OCH3 is 1. The molecule has 0 spiro atoms. The van der Waals surface area contributed by atoms with E-state index in [2.05, 4.69) is 31.3 Å². The van der Waals surface area contributed by atoms with E-state index in [1.165, 1.54) is 11.3 Å². The summed E-state index contributed by atoms with van der Waals surface area (Å²) in [6.07, 6.45) is 3.69. The first kappa shape index (κ1) is 13.2. The van der Waals surface area contributed by atoms with Crippen molar-refractivity contribution in [2.75, 3.05) is 19.0 Å². The van der Waals surface area contributed by atoms with Crippen LogP contribution in [0, 0.1) is 6.92 Å². The first-order valence-corrected chi connectivity index (χ1v) is 6.75. The first-order valence-electron chi connectivity index (χ1n) is 6.75. The van der Waals surface area contributed by atoms with E-state index in [1.54, 1.807) is 7.11 Å². The Morgan fingerprint density at radius 2 is 2.28 bits per heavy atom. The topological polar surface area (TPSA) is 30.5 Å². The molecule has 0 saturated carbocycles. The van der Waals surface area contributed by atoms with E-state index in [0.29, 0.717) is 12.1 Å². The fourth-order valence-electron chi connectivity index (χ4n) is 2.44.